The monoisotopic (exact) mass is 355 g/mol. The number of ether oxygens (including phenoxy) is 1. The van der Waals surface area contributed by atoms with Gasteiger partial charge in [0.1, 0.15) is 5.82 Å². The van der Waals surface area contributed by atoms with Crippen LogP contribution >= 0.6 is 0 Å². The summed E-state index contributed by atoms with van der Waals surface area (Å²) in [5.74, 6) is 2.15. The summed E-state index contributed by atoms with van der Waals surface area (Å²) < 4.78 is 5.42. The summed E-state index contributed by atoms with van der Waals surface area (Å²) in [6, 6.07) is 4.28. The van der Waals surface area contributed by atoms with Crippen LogP contribution in [0, 0.1) is 0 Å². The van der Waals surface area contributed by atoms with Gasteiger partial charge < -0.3 is 26.0 Å². The first-order valence-electron chi connectivity index (χ1n) is 9.13. The molecule has 0 saturated carbocycles. The number of nitrogens with two attached hydrogens (primary N) is 2. The number of nitrogen functional groups attached to an aromatic ring is 1. The molecule has 2 aliphatic heterocycles. The van der Waals surface area contributed by atoms with Gasteiger partial charge in [0.15, 0.2) is 11.6 Å². The van der Waals surface area contributed by atoms with Gasteiger partial charge in [0.05, 0.1) is 25.1 Å². The molecule has 2 aromatic heterocycles. The van der Waals surface area contributed by atoms with Gasteiger partial charge in [-0.2, -0.15) is 0 Å². The van der Waals surface area contributed by atoms with Gasteiger partial charge in [-0.25, -0.2) is 15.0 Å². The number of nitrogens with zero attached hydrogens (tertiary/aromatic N) is 5. The van der Waals surface area contributed by atoms with E-state index in [2.05, 4.69) is 25.8 Å². The van der Waals surface area contributed by atoms with Crippen LogP contribution in [-0.4, -0.2) is 60.4 Å². The minimum Gasteiger partial charge on any atom is -0.381 e. The number of hydrogen-bond acceptors (Lipinski definition) is 8. The lowest BCUT2D eigenvalue weighted by Crippen LogP contribution is -2.40. The quantitative estimate of drug-likeness (QED) is 0.836. The SMILES string of the molecule is Nc1ncc(-c2ccnc(N3CCOCC3)c2)nc1N1CCC(N)CC1. The van der Waals surface area contributed by atoms with Crippen molar-refractivity contribution in [1.82, 2.24) is 15.0 Å². The molecule has 0 radical (unpaired) electrons. The van der Waals surface area contributed by atoms with Gasteiger partial charge in [0.25, 0.3) is 0 Å². The zero-order chi connectivity index (χ0) is 17.9. The van der Waals surface area contributed by atoms with Gasteiger partial charge in [0, 0.05) is 44.0 Å². The molecule has 2 aliphatic rings. The second-order valence-corrected chi connectivity index (χ2v) is 6.79. The highest BCUT2D eigenvalue weighted by Crippen LogP contribution is 2.27. The van der Waals surface area contributed by atoms with Crippen LogP contribution in [0.2, 0.25) is 0 Å². The Kier molecular flexibility index (Phi) is 4.85. The molecule has 0 spiro atoms. The van der Waals surface area contributed by atoms with Crippen molar-refractivity contribution in [3.63, 3.8) is 0 Å². The molecule has 2 aromatic rings. The summed E-state index contributed by atoms with van der Waals surface area (Å²) >= 11 is 0. The maximum atomic E-state index is 6.10. The van der Waals surface area contributed by atoms with Gasteiger partial charge in [-0.3, -0.25) is 0 Å². The van der Waals surface area contributed by atoms with Crippen LogP contribution in [0.3, 0.4) is 0 Å². The molecule has 26 heavy (non-hydrogen) atoms. The Morgan fingerprint density at radius 2 is 1.81 bits per heavy atom. The van der Waals surface area contributed by atoms with E-state index in [1.807, 2.05) is 12.3 Å². The van der Waals surface area contributed by atoms with Gasteiger partial charge in [-0.1, -0.05) is 0 Å². The van der Waals surface area contributed by atoms with Crippen LogP contribution in [0.1, 0.15) is 12.8 Å². The lowest BCUT2D eigenvalue weighted by molar-refractivity contribution is 0.122. The Labute approximate surface area is 153 Å². The average molecular weight is 355 g/mol. The summed E-state index contributed by atoms with van der Waals surface area (Å²) in [6.45, 7) is 4.88. The molecule has 0 unspecified atom stereocenters. The van der Waals surface area contributed by atoms with Crippen LogP contribution in [0.15, 0.2) is 24.5 Å². The van der Waals surface area contributed by atoms with Crippen LogP contribution in [0.5, 0.6) is 0 Å². The Balaban J connectivity index is 1.60. The number of aromatic nitrogens is 3. The third-order valence-corrected chi connectivity index (χ3v) is 5.00. The first-order chi connectivity index (χ1) is 12.7. The normalized spacial score (nSPS) is 19.0. The van der Waals surface area contributed by atoms with Crippen molar-refractivity contribution in [2.24, 2.45) is 5.73 Å². The molecule has 2 saturated heterocycles. The van der Waals surface area contributed by atoms with Gasteiger partial charge in [0.2, 0.25) is 0 Å². The molecule has 138 valence electrons. The van der Waals surface area contributed by atoms with Crippen LogP contribution in [0.4, 0.5) is 17.5 Å². The highest BCUT2D eigenvalue weighted by Gasteiger charge is 2.21. The molecule has 4 rings (SSSR count). The lowest BCUT2D eigenvalue weighted by Gasteiger charge is -2.31. The van der Waals surface area contributed by atoms with E-state index in [4.69, 9.17) is 21.2 Å². The molecule has 8 nitrogen and oxygen atoms in total. The molecule has 0 amide bonds. The molecular formula is C18H25N7O. The minimum absolute atomic E-state index is 0.264. The van der Waals surface area contributed by atoms with Crippen molar-refractivity contribution in [2.45, 2.75) is 18.9 Å². The van der Waals surface area contributed by atoms with Crippen molar-refractivity contribution in [3.8, 4) is 11.3 Å². The zero-order valence-corrected chi connectivity index (χ0v) is 14.8. The molecule has 0 bridgehead atoms. The second-order valence-electron chi connectivity index (χ2n) is 6.79. The third-order valence-electron chi connectivity index (χ3n) is 5.00. The smallest absolute Gasteiger partial charge is 0.172 e. The highest BCUT2D eigenvalue weighted by molar-refractivity contribution is 5.68. The van der Waals surface area contributed by atoms with E-state index in [1.165, 1.54) is 0 Å². The number of piperidine rings is 1. The number of hydrogen-bond donors (Lipinski definition) is 2. The molecular weight excluding hydrogens is 330 g/mol. The maximum absolute atomic E-state index is 6.10. The van der Waals surface area contributed by atoms with Crippen molar-refractivity contribution in [1.29, 1.82) is 0 Å². The fraction of sp³-hybridized carbons (Fsp3) is 0.500. The molecule has 0 atom stereocenters. The van der Waals surface area contributed by atoms with E-state index in [9.17, 15) is 0 Å². The van der Waals surface area contributed by atoms with E-state index in [1.54, 1.807) is 6.20 Å². The van der Waals surface area contributed by atoms with Crippen molar-refractivity contribution in [2.75, 3.05) is 54.9 Å². The highest BCUT2D eigenvalue weighted by atomic mass is 16.5. The largest absolute Gasteiger partial charge is 0.381 e. The van der Waals surface area contributed by atoms with Crippen molar-refractivity contribution >= 4 is 17.5 Å². The number of morpholine rings is 1. The number of anilines is 3. The maximum Gasteiger partial charge on any atom is 0.172 e. The standard InChI is InChI=1S/C18H25N7O/c19-14-2-5-25(6-3-14)18-17(20)22-12-15(23-18)13-1-4-21-16(11-13)24-7-9-26-10-8-24/h1,4,11-12,14H,2-3,5-10,19H2,(H2,20,22). The summed E-state index contributed by atoms with van der Waals surface area (Å²) in [5.41, 5.74) is 13.9. The van der Waals surface area contributed by atoms with E-state index < -0.39 is 0 Å². The molecule has 4 heterocycles. The summed E-state index contributed by atoms with van der Waals surface area (Å²) in [4.78, 5) is 18.1. The Bertz CT molecular complexity index is 755. The fourth-order valence-corrected chi connectivity index (χ4v) is 3.41. The number of rotatable bonds is 3. The Morgan fingerprint density at radius 3 is 2.58 bits per heavy atom. The van der Waals surface area contributed by atoms with Crippen LogP contribution in [0.25, 0.3) is 11.3 Å². The van der Waals surface area contributed by atoms with E-state index in [-0.39, 0.29) is 6.04 Å². The fourth-order valence-electron chi connectivity index (χ4n) is 3.41. The molecule has 0 aliphatic carbocycles. The molecule has 8 heteroatoms. The molecule has 2 fully saturated rings. The predicted octanol–water partition coefficient (Wildman–Crippen LogP) is 0.885. The van der Waals surface area contributed by atoms with Crippen molar-refractivity contribution in [3.05, 3.63) is 24.5 Å². The summed E-state index contributed by atoms with van der Waals surface area (Å²) in [6.07, 6.45) is 5.44. The van der Waals surface area contributed by atoms with Crippen molar-refractivity contribution < 1.29 is 4.74 Å². The zero-order valence-electron chi connectivity index (χ0n) is 14.8. The predicted molar refractivity (Wildman–Crippen MR) is 102 cm³/mol. The topological polar surface area (TPSA) is 106 Å². The summed E-state index contributed by atoms with van der Waals surface area (Å²) in [5, 5.41) is 0. The third kappa shape index (κ3) is 3.56. The van der Waals surface area contributed by atoms with Crippen LogP contribution in [-0.2, 0) is 4.74 Å². The van der Waals surface area contributed by atoms with Gasteiger partial charge >= 0.3 is 0 Å². The van der Waals surface area contributed by atoms with Crippen LogP contribution < -0.4 is 21.3 Å². The molecule has 0 aromatic carbocycles. The van der Waals surface area contributed by atoms with Gasteiger partial charge in [-0.05, 0) is 25.0 Å². The van der Waals surface area contributed by atoms with E-state index >= 15 is 0 Å². The average Bonchev–Trinajstić information content (AvgIpc) is 2.70. The second kappa shape index (κ2) is 7.43. The lowest BCUT2D eigenvalue weighted by atomic mass is 10.1. The Morgan fingerprint density at radius 1 is 1.04 bits per heavy atom. The van der Waals surface area contributed by atoms with E-state index in [0.29, 0.717) is 5.82 Å². The molecule has 4 N–H and O–H groups in total. The number of pyridine rings is 1. The summed E-state index contributed by atoms with van der Waals surface area (Å²) in [7, 11) is 0. The first-order valence-corrected chi connectivity index (χ1v) is 9.13. The minimum atomic E-state index is 0.264. The van der Waals surface area contributed by atoms with Gasteiger partial charge in [-0.15, -0.1) is 0 Å². The Hall–Kier alpha value is -2.45. The first kappa shape index (κ1) is 17.0. The van der Waals surface area contributed by atoms with E-state index in [0.717, 1.165) is 75.1 Å².